The maximum atomic E-state index is 11.6. The van der Waals surface area contributed by atoms with Crippen LogP contribution in [0, 0.1) is 0 Å². The Morgan fingerprint density at radius 1 is 1.38 bits per heavy atom. The fourth-order valence-electron chi connectivity index (χ4n) is 3.09. The van der Waals surface area contributed by atoms with Crippen molar-refractivity contribution in [1.82, 2.24) is 9.38 Å². The summed E-state index contributed by atoms with van der Waals surface area (Å²) in [4.78, 5) is 19.3. The molecule has 5 heteroatoms. The number of aromatic nitrogens is 2. The summed E-state index contributed by atoms with van der Waals surface area (Å²) in [6.07, 6.45) is 4.96. The first-order valence-corrected chi connectivity index (χ1v) is 7.95. The summed E-state index contributed by atoms with van der Waals surface area (Å²) >= 11 is 1.55. The van der Waals surface area contributed by atoms with E-state index in [-0.39, 0.29) is 0 Å². The predicted octanol–water partition coefficient (Wildman–Crippen LogP) is 3.68. The van der Waals surface area contributed by atoms with E-state index in [4.69, 9.17) is 4.98 Å². The number of fused-ring (bicyclic) bond motifs is 2. The maximum Gasteiger partial charge on any atom is 0.196 e. The minimum Gasteiger partial charge on any atom is -0.321 e. The lowest BCUT2D eigenvalue weighted by molar-refractivity contribution is 0.111. The molecule has 2 aromatic heterocycles. The van der Waals surface area contributed by atoms with Crippen LogP contribution in [0.5, 0.6) is 0 Å². The minimum atomic E-state index is 0.336. The van der Waals surface area contributed by atoms with E-state index < -0.39 is 0 Å². The largest absolute Gasteiger partial charge is 0.321 e. The third kappa shape index (κ3) is 1.81. The summed E-state index contributed by atoms with van der Waals surface area (Å²) < 4.78 is 1.87. The Balaban J connectivity index is 1.95. The van der Waals surface area contributed by atoms with Gasteiger partial charge in [0.15, 0.2) is 17.1 Å². The normalized spacial score (nSPS) is 18.0. The summed E-state index contributed by atoms with van der Waals surface area (Å²) in [5, 5.41) is 1.95. The highest BCUT2D eigenvalue weighted by molar-refractivity contribution is 7.15. The molecule has 0 fully saturated rings. The van der Waals surface area contributed by atoms with E-state index in [1.165, 1.54) is 11.3 Å². The van der Waals surface area contributed by atoms with E-state index in [1.54, 1.807) is 11.3 Å². The zero-order valence-electron chi connectivity index (χ0n) is 11.7. The molecular weight excluding hydrogens is 282 g/mol. The highest BCUT2D eigenvalue weighted by atomic mass is 32.1. The van der Waals surface area contributed by atoms with Gasteiger partial charge >= 0.3 is 0 Å². The smallest absolute Gasteiger partial charge is 0.196 e. The molecular formula is C16H15N3OS. The number of carbonyl (C=O) groups excluding carboxylic acids is 1. The van der Waals surface area contributed by atoms with Crippen molar-refractivity contribution in [1.29, 1.82) is 0 Å². The molecule has 0 aliphatic carbocycles. The molecule has 4 rings (SSSR count). The lowest BCUT2D eigenvalue weighted by atomic mass is 9.96. The second kappa shape index (κ2) is 4.70. The van der Waals surface area contributed by atoms with Crippen LogP contribution in [0.2, 0.25) is 0 Å². The fourth-order valence-corrected chi connectivity index (χ4v) is 3.81. The van der Waals surface area contributed by atoms with Crippen molar-refractivity contribution in [3.05, 3.63) is 47.1 Å². The number of hydrogen-bond acceptors (Lipinski definition) is 4. The van der Waals surface area contributed by atoms with Crippen molar-refractivity contribution in [2.24, 2.45) is 0 Å². The van der Waals surface area contributed by atoms with Gasteiger partial charge in [0, 0.05) is 23.3 Å². The predicted molar refractivity (Wildman–Crippen MR) is 84.8 cm³/mol. The SMILES string of the molecule is CC1CCc2ccccc2N1c1nc2sccn2c1C=O. The lowest BCUT2D eigenvalue weighted by Gasteiger charge is -2.35. The molecule has 0 saturated carbocycles. The van der Waals surface area contributed by atoms with E-state index in [2.05, 4.69) is 30.0 Å². The zero-order chi connectivity index (χ0) is 14.4. The molecule has 0 spiro atoms. The van der Waals surface area contributed by atoms with Crippen molar-refractivity contribution in [3.63, 3.8) is 0 Å². The van der Waals surface area contributed by atoms with E-state index in [1.807, 2.05) is 22.0 Å². The molecule has 0 bridgehead atoms. The molecule has 0 N–H and O–H groups in total. The molecule has 1 aliphatic heterocycles. The van der Waals surface area contributed by atoms with Crippen LogP contribution in [-0.4, -0.2) is 21.7 Å². The van der Waals surface area contributed by atoms with Crippen LogP contribution >= 0.6 is 11.3 Å². The number of aryl methyl sites for hydroxylation is 1. The topological polar surface area (TPSA) is 37.6 Å². The number of aldehydes is 1. The van der Waals surface area contributed by atoms with Crippen LogP contribution in [0.1, 0.15) is 29.4 Å². The van der Waals surface area contributed by atoms with Crippen LogP contribution in [0.15, 0.2) is 35.8 Å². The Morgan fingerprint density at radius 2 is 2.24 bits per heavy atom. The Bertz CT molecular complexity index is 820. The Hall–Kier alpha value is -2.14. The number of imidazole rings is 1. The summed E-state index contributed by atoms with van der Waals surface area (Å²) in [5.74, 6) is 0.775. The summed E-state index contributed by atoms with van der Waals surface area (Å²) in [7, 11) is 0. The van der Waals surface area contributed by atoms with Crippen molar-refractivity contribution in [3.8, 4) is 0 Å². The van der Waals surface area contributed by atoms with Gasteiger partial charge in [0.25, 0.3) is 0 Å². The Kier molecular flexibility index (Phi) is 2.82. The molecule has 1 unspecified atom stereocenters. The van der Waals surface area contributed by atoms with Crippen LogP contribution in [0.25, 0.3) is 4.96 Å². The molecule has 3 aromatic rings. The number of rotatable bonds is 2. The number of para-hydroxylation sites is 1. The molecule has 1 atom stereocenters. The van der Waals surface area contributed by atoms with Crippen LogP contribution in [0.3, 0.4) is 0 Å². The molecule has 0 amide bonds. The van der Waals surface area contributed by atoms with Gasteiger partial charge in [-0.2, -0.15) is 0 Å². The second-order valence-corrected chi connectivity index (χ2v) is 6.25. The first kappa shape index (κ1) is 12.6. The maximum absolute atomic E-state index is 11.6. The van der Waals surface area contributed by atoms with Crippen LogP contribution < -0.4 is 4.90 Å². The number of benzene rings is 1. The zero-order valence-corrected chi connectivity index (χ0v) is 12.5. The van der Waals surface area contributed by atoms with E-state index >= 15 is 0 Å². The quantitative estimate of drug-likeness (QED) is 0.677. The first-order valence-electron chi connectivity index (χ1n) is 7.07. The molecule has 0 radical (unpaired) electrons. The van der Waals surface area contributed by atoms with E-state index in [0.29, 0.717) is 11.7 Å². The molecule has 4 nitrogen and oxygen atoms in total. The van der Waals surface area contributed by atoms with Gasteiger partial charge in [-0.1, -0.05) is 18.2 Å². The van der Waals surface area contributed by atoms with Crippen LogP contribution in [-0.2, 0) is 6.42 Å². The molecule has 106 valence electrons. The number of thiazole rings is 1. The minimum absolute atomic E-state index is 0.336. The van der Waals surface area contributed by atoms with Crippen molar-refractivity contribution in [2.45, 2.75) is 25.8 Å². The van der Waals surface area contributed by atoms with Gasteiger partial charge in [-0.25, -0.2) is 4.98 Å². The third-order valence-corrected chi connectivity index (χ3v) is 4.90. The average molecular weight is 297 g/mol. The van der Waals surface area contributed by atoms with Crippen molar-refractivity contribution < 1.29 is 4.79 Å². The average Bonchev–Trinajstić information content (AvgIpc) is 3.07. The molecule has 21 heavy (non-hydrogen) atoms. The van der Waals surface area contributed by atoms with Gasteiger partial charge in [0.2, 0.25) is 0 Å². The first-order chi connectivity index (χ1) is 10.3. The Morgan fingerprint density at radius 3 is 3.10 bits per heavy atom. The number of nitrogens with zero attached hydrogens (tertiary/aromatic N) is 3. The lowest BCUT2D eigenvalue weighted by Crippen LogP contribution is -2.34. The number of hydrogen-bond donors (Lipinski definition) is 0. The monoisotopic (exact) mass is 297 g/mol. The van der Waals surface area contributed by atoms with Crippen molar-refractivity contribution >= 4 is 34.1 Å². The summed E-state index contributed by atoms with van der Waals surface area (Å²) in [5.41, 5.74) is 3.13. The summed E-state index contributed by atoms with van der Waals surface area (Å²) in [6.45, 7) is 2.19. The standard InChI is InChI=1S/C16H15N3OS/c1-11-6-7-12-4-2-3-5-13(12)19(11)15-14(10-20)18-8-9-21-16(18)17-15/h2-5,8-11H,6-7H2,1H3. The number of anilines is 2. The Labute approximate surface area is 126 Å². The van der Waals surface area contributed by atoms with Gasteiger partial charge in [-0.15, -0.1) is 11.3 Å². The van der Waals surface area contributed by atoms with Gasteiger partial charge in [-0.05, 0) is 31.4 Å². The molecule has 1 aromatic carbocycles. The van der Waals surface area contributed by atoms with Gasteiger partial charge in [0.05, 0.1) is 0 Å². The van der Waals surface area contributed by atoms with Crippen molar-refractivity contribution in [2.75, 3.05) is 4.90 Å². The van der Waals surface area contributed by atoms with Crippen LogP contribution in [0.4, 0.5) is 11.5 Å². The summed E-state index contributed by atoms with van der Waals surface area (Å²) in [6, 6.07) is 8.73. The fraction of sp³-hybridized carbons (Fsp3) is 0.250. The van der Waals surface area contributed by atoms with Gasteiger partial charge in [-0.3, -0.25) is 9.20 Å². The highest BCUT2D eigenvalue weighted by Gasteiger charge is 2.28. The molecule has 1 aliphatic rings. The van der Waals surface area contributed by atoms with E-state index in [0.717, 1.165) is 29.9 Å². The molecule has 0 saturated heterocycles. The van der Waals surface area contributed by atoms with Gasteiger partial charge < -0.3 is 4.90 Å². The van der Waals surface area contributed by atoms with E-state index in [9.17, 15) is 4.79 Å². The number of carbonyl (C=O) groups is 1. The molecule has 3 heterocycles. The highest BCUT2D eigenvalue weighted by Crippen LogP contribution is 2.38. The van der Waals surface area contributed by atoms with Gasteiger partial charge in [0.1, 0.15) is 5.69 Å². The third-order valence-electron chi connectivity index (χ3n) is 4.14. The second-order valence-electron chi connectivity index (χ2n) is 5.38.